The van der Waals surface area contributed by atoms with Crippen LogP contribution in [0.3, 0.4) is 0 Å². The fraction of sp³-hybridized carbons (Fsp3) is 0.562. The van der Waals surface area contributed by atoms with E-state index >= 15 is 0 Å². The summed E-state index contributed by atoms with van der Waals surface area (Å²) in [5, 5.41) is 13.1. The molecule has 1 aromatic rings. The van der Waals surface area contributed by atoms with Gasteiger partial charge in [-0.25, -0.2) is 0 Å². The van der Waals surface area contributed by atoms with Crippen LogP contribution in [0, 0.1) is 0 Å². The monoisotopic (exact) mass is 310 g/mol. The van der Waals surface area contributed by atoms with Crippen LogP contribution >= 0.6 is 11.6 Å². The molecule has 0 spiro atoms. The zero-order valence-corrected chi connectivity index (χ0v) is 13.2. The van der Waals surface area contributed by atoms with Crippen molar-refractivity contribution in [1.29, 1.82) is 0 Å². The van der Waals surface area contributed by atoms with Gasteiger partial charge in [-0.15, -0.1) is 0 Å². The SMILES string of the molecule is CCCNc1ccc(Cl)cc1C(=O)N(CCO)C1CCC1. The highest BCUT2D eigenvalue weighted by molar-refractivity contribution is 6.31. The van der Waals surface area contributed by atoms with Crippen molar-refractivity contribution >= 4 is 23.2 Å². The van der Waals surface area contributed by atoms with Gasteiger partial charge in [-0.3, -0.25) is 4.79 Å². The first-order chi connectivity index (χ1) is 10.2. The van der Waals surface area contributed by atoms with E-state index in [0.29, 0.717) is 17.1 Å². The molecule has 0 bridgehead atoms. The van der Waals surface area contributed by atoms with E-state index in [1.807, 2.05) is 6.07 Å². The van der Waals surface area contributed by atoms with Gasteiger partial charge in [-0.1, -0.05) is 18.5 Å². The summed E-state index contributed by atoms with van der Waals surface area (Å²) < 4.78 is 0. The lowest BCUT2D eigenvalue weighted by Gasteiger charge is -2.37. The standard InChI is InChI=1S/C16H23ClN2O2/c1-2-8-18-15-7-6-12(17)11-14(15)16(21)19(9-10-20)13-4-3-5-13/h6-7,11,13,18,20H,2-5,8-10H2,1H3. The molecule has 0 saturated heterocycles. The predicted octanol–water partition coefficient (Wildman–Crippen LogP) is 3.15. The summed E-state index contributed by atoms with van der Waals surface area (Å²) in [5.74, 6) is -0.0464. The Kier molecular flexibility index (Phi) is 5.88. The number of benzene rings is 1. The minimum absolute atomic E-state index is 0.0134. The highest BCUT2D eigenvalue weighted by atomic mass is 35.5. The Hall–Kier alpha value is -1.26. The van der Waals surface area contributed by atoms with Crippen molar-refractivity contribution < 1.29 is 9.90 Å². The number of nitrogens with zero attached hydrogens (tertiary/aromatic N) is 1. The fourth-order valence-corrected chi connectivity index (χ4v) is 2.69. The third-order valence-corrected chi connectivity index (χ3v) is 4.13. The summed E-state index contributed by atoms with van der Waals surface area (Å²) in [6.07, 6.45) is 4.17. The Morgan fingerprint density at radius 3 is 2.81 bits per heavy atom. The first-order valence-electron chi connectivity index (χ1n) is 7.62. The van der Waals surface area contributed by atoms with Crippen LogP contribution < -0.4 is 5.32 Å². The Bertz CT molecular complexity index is 489. The number of halogens is 1. The Morgan fingerprint density at radius 1 is 1.48 bits per heavy atom. The third-order valence-electron chi connectivity index (χ3n) is 3.89. The highest BCUT2D eigenvalue weighted by Gasteiger charge is 2.30. The number of carbonyl (C=O) groups excluding carboxylic acids is 1. The molecule has 1 fully saturated rings. The van der Waals surface area contributed by atoms with E-state index in [0.717, 1.165) is 37.9 Å². The fourth-order valence-electron chi connectivity index (χ4n) is 2.52. The largest absolute Gasteiger partial charge is 0.395 e. The van der Waals surface area contributed by atoms with Crippen LogP contribution in [0.4, 0.5) is 5.69 Å². The van der Waals surface area contributed by atoms with Gasteiger partial charge in [0.15, 0.2) is 0 Å². The van der Waals surface area contributed by atoms with Gasteiger partial charge >= 0.3 is 0 Å². The van der Waals surface area contributed by atoms with E-state index in [2.05, 4.69) is 12.2 Å². The number of hydrogen-bond acceptors (Lipinski definition) is 3. The Balaban J connectivity index is 2.24. The summed E-state index contributed by atoms with van der Waals surface area (Å²) in [7, 11) is 0. The second kappa shape index (κ2) is 7.66. The molecule has 0 radical (unpaired) electrons. The molecule has 116 valence electrons. The summed E-state index contributed by atoms with van der Waals surface area (Å²) in [6.45, 7) is 3.26. The van der Waals surface area contributed by atoms with Crippen LogP contribution in [0.15, 0.2) is 18.2 Å². The lowest BCUT2D eigenvalue weighted by Crippen LogP contribution is -2.45. The van der Waals surface area contributed by atoms with Crippen molar-refractivity contribution in [3.05, 3.63) is 28.8 Å². The van der Waals surface area contributed by atoms with Gasteiger partial charge in [0.05, 0.1) is 12.2 Å². The minimum atomic E-state index is -0.0464. The lowest BCUT2D eigenvalue weighted by molar-refractivity contribution is 0.0527. The molecule has 0 heterocycles. The number of nitrogens with one attached hydrogen (secondary N) is 1. The minimum Gasteiger partial charge on any atom is -0.395 e. The van der Waals surface area contributed by atoms with Gasteiger partial charge in [-0.2, -0.15) is 0 Å². The maximum absolute atomic E-state index is 12.8. The highest BCUT2D eigenvalue weighted by Crippen LogP contribution is 2.29. The molecule has 1 aromatic carbocycles. The van der Waals surface area contributed by atoms with Crippen LogP contribution in [0.5, 0.6) is 0 Å². The van der Waals surface area contributed by atoms with Gasteiger partial charge in [0.25, 0.3) is 5.91 Å². The van der Waals surface area contributed by atoms with E-state index in [-0.39, 0.29) is 18.6 Å². The van der Waals surface area contributed by atoms with Crippen molar-refractivity contribution in [2.75, 3.05) is 25.0 Å². The molecule has 21 heavy (non-hydrogen) atoms. The zero-order valence-electron chi connectivity index (χ0n) is 12.4. The third kappa shape index (κ3) is 3.89. The second-order valence-electron chi connectivity index (χ2n) is 5.42. The van der Waals surface area contributed by atoms with Crippen molar-refractivity contribution in [1.82, 2.24) is 4.90 Å². The predicted molar refractivity (Wildman–Crippen MR) is 86.0 cm³/mol. The normalized spacial score (nSPS) is 14.6. The number of hydrogen-bond donors (Lipinski definition) is 2. The van der Waals surface area contributed by atoms with Gasteiger partial charge < -0.3 is 15.3 Å². The molecule has 0 aromatic heterocycles. The maximum atomic E-state index is 12.8. The van der Waals surface area contributed by atoms with Gasteiger partial charge in [-0.05, 0) is 43.9 Å². The van der Waals surface area contributed by atoms with Crippen LogP contribution in [0.2, 0.25) is 5.02 Å². The molecule has 0 unspecified atom stereocenters. The zero-order chi connectivity index (χ0) is 15.2. The van der Waals surface area contributed by atoms with Crippen molar-refractivity contribution in [3.8, 4) is 0 Å². The molecular formula is C16H23ClN2O2. The number of rotatable bonds is 7. The molecule has 4 nitrogen and oxygen atoms in total. The average molecular weight is 311 g/mol. The summed E-state index contributed by atoms with van der Waals surface area (Å²) in [5.41, 5.74) is 1.41. The van der Waals surface area contributed by atoms with E-state index in [1.54, 1.807) is 17.0 Å². The van der Waals surface area contributed by atoms with Crippen LogP contribution in [0.1, 0.15) is 43.0 Å². The van der Waals surface area contributed by atoms with Crippen molar-refractivity contribution in [3.63, 3.8) is 0 Å². The smallest absolute Gasteiger partial charge is 0.256 e. The number of carbonyl (C=O) groups is 1. The molecule has 0 aliphatic heterocycles. The maximum Gasteiger partial charge on any atom is 0.256 e. The topological polar surface area (TPSA) is 52.6 Å². The molecule has 1 aliphatic rings. The number of aliphatic hydroxyl groups excluding tert-OH is 1. The Morgan fingerprint density at radius 2 is 2.24 bits per heavy atom. The van der Waals surface area contributed by atoms with E-state index in [1.165, 1.54) is 0 Å². The van der Waals surface area contributed by atoms with Gasteiger partial charge in [0, 0.05) is 29.8 Å². The summed E-state index contributed by atoms with van der Waals surface area (Å²) >= 11 is 6.06. The van der Waals surface area contributed by atoms with Crippen LogP contribution in [0.25, 0.3) is 0 Å². The van der Waals surface area contributed by atoms with Crippen LogP contribution in [-0.2, 0) is 0 Å². The van der Waals surface area contributed by atoms with Gasteiger partial charge in [0.1, 0.15) is 0 Å². The molecule has 1 amide bonds. The number of aliphatic hydroxyl groups is 1. The molecule has 2 rings (SSSR count). The molecule has 1 saturated carbocycles. The first-order valence-corrected chi connectivity index (χ1v) is 8.00. The molecule has 0 atom stereocenters. The van der Waals surface area contributed by atoms with E-state index < -0.39 is 0 Å². The molecule has 2 N–H and O–H groups in total. The lowest BCUT2D eigenvalue weighted by atomic mass is 9.91. The second-order valence-corrected chi connectivity index (χ2v) is 5.86. The molecule has 5 heteroatoms. The average Bonchev–Trinajstić information content (AvgIpc) is 2.43. The van der Waals surface area contributed by atoms with Gasteiger partial charge in [0.2, 0.25) is 0 Å². The molecular weight excluding hydrogens is 288 g/mol. The number of amides is 1. The Labute approximate surface area is 131 Å². The quantitative estimate of drug-likeness (QED) is 0.813. The van der Waals surface area contributed by atoms with Crippen LogP contribution in [-0.4, -0.2) is 41.7 Å². The number of anilines is 1. The summed E-state index contributed by atoms with van der Waals surface area (Å²) in [4.78, 5) is 14.6. The molecule has 1 aliphatic carbocycles. The summed E-state index contributed by atoms with van der Waals surface area (Å²) in [6, 6.07) is 5.60. The van der Waals surface area contributed by atoms with E-state index in [4.69, 9.17) is 11.6 Å². The first kappa shape index (κ1) is 16.1. The van der Waals surface area contributed by atoms with E-state index in [9.17, 15) is 9.90 Å². The van der Waals surface area contributed by atoms with Crippen molar-refractivity contribution in [2.24, 2.45) is 0 Å². The van der Waals surface area contributed by atoms with Crippen molar-refractivity contribution in [2.45, 2.75) is 38.6 Å².